The molecule has 13 nitrogen and oxygen atoms in total. The predicted octanol–water partition coefficient (Wildman–Crippen LogP) is -1.46. The van der Waals surface area contributed by atoms with E-state index >= 15 is 0 Å². The molecule has 1 aliphatic rings. The van der Waals surface area contributed by atoms with E-state index in [4.69, 9.17) is 29.4 Å². The minimum Gasteiger partial charge on any atom is -0.462 e. The van der Waals surface area contributed by atoms with Crippen LogP contribution in [0.3, 0.4) is 0 Å². The maximum atomic E-state index is 11.9. The van der Waals surface area contributed by atoms with Crippen molar-refractivity contribution >= 4 is 41.5 Å². The third kappa shape index (κ3) is 8.79. The van der Waals surface area contributed by atoms with Gasteiger partial charge in [0.15, 0.2) is 18.3 Å². The lowest BCUT2D eigenvalue weighted by molar-refractivity contribution is -0.200. The van der Waals surface area contributed by atoms with Gasteiger partial charge in [0.1, 0.15) is 25.5 Å². The van der Waals surface area contributed by atoms with Crippen molar-refractivity contribution < 1.29 is 52.8 Å². The Kier molecular flexibility index (Phi) is 11.6. The second-order valence-corrected chi connectivity index (χ2v) is 8.31. The molecular formula is C19H30N2O11S. The highest BCUT2D eigenvalue weighted by molar-refractivity contribution is 8.00. The van der Waals surface area contributed by atoms with Crippen LogP contribution in [0.2, 0.25) is 0 Å². The maximum absolute atomic E-state index is 11.9. The summed E-state index contributed by atoms with van der Waals surface area (Å²) in [5, 5.41) is 10.3. The van der Waals surface area contributed by atoms with E-state index in [0.717, 1.165) is 39.5 Å². The van der Waals surface area contributed by atoms with Crippen molar-refractivity contribution in [1.29, 1.82) is 0 Å². The zero-order valence-electron chi connectivity index (χ0n) is 19.0. The van der Waals surface area contributed by atoms with Gasteiger partial charge in [-0.25, -0.2) is 0 Å². The van der Waals surface area contributed by atoms with Crippen molar-refractivity contribution in [2.24, 2.45) is 5.73 Å². The first kappa shape index (κ1) is 28.6. The minimum atomic E-state index is -1.57. The van der Waals surface area contributed by atoms with E-state index in [1.54, 1.807) is 0 Å². The van der Waals surface area contributed by atoms with Gasteiger partial charge in [-0.15, -0.1) is 11.8 Å². The van der Waals surface area contributed by atoms with E-state index in [2.05, 4.69) is 0 Å². The molecule has 6 atom stereocenters. The molecular weight excluding hydrogens is 464 g/mol. The average Bonchev–Trinajstić information content (AvgIpc) is 3.11. The molecule has 1 heterocycles. The van der Waals surface area contributed by atoms with Gasteiger partial charge in [-0.1, -0.05) is 0 Å². The number of primary amides is 1. The molecule has 0 saturated carbocycles. The van der Waals surface area contributed by atoms with Crippen LogP contribution in [0.4, 0.5) is 0 Å². The number of methoxy groups -OCH3 is 1. The number of hydrogen-bond acceptors (Lipinski definition) is 13. The fourth-order valence-electron chi connectivity index (χ4n) is 3.25. The van der Waals surface area contributed by atoms with Gasteiger partial charge in [0, 0.05) is 40.6 Å². The fraction of sp³-hybridized carbons (Fsp3) is 0.737. The maximum Gasteiger partial charge on any atom is 0.303 e. The third-order valence-electron chi connectivity index (χ3n) is 4.45. The van der Waals surface area contributed by atoms with Gasteiger partial charge < -0.3 is 34.5 Å². The van der Waals surface area contributed by atoms with Gasteiger partial charge in [-0.2, -0.15) is 0 Å². The van der Waals surface area contributed by atoms with Gasteiger partial charge in [0.05, 0.1) is 5.37 Å². The molecule has 0 radical (unpaired) electrons. The Labute approximate surface area is 195 Å². The number of esters is 4. The van der Waals surface area contributed by atoms with E-state index in [1.807, 2.05) is 0 Å². The average molecular weight is 495 g/mol. The van der Waals surface area contributed by atoms with E-state index in [0.29, 0.717) is 0 Å². The molecule has 0 aromatic carbocycles. The lowest BCUT2D eigenvalue weighted by Crippen LogP contribution is -2.58. The first-order chi connectivity index (χ1) is 15.4. The highest BCUT2D eigenvalue weighted by Crippen LogP contribution is 2.34. The number of carbonyl (C=O) groups is 5. The molecule has 188 valence electrons. The Hall–Kier alpha value is -2.42. The van der Waals surface area contributed by atoms with Crippen LogP contribution in [0.25, 0.3) is 0 Å². The molecule has 14 heteroatoms. The molecule has 0 unspecified atom stereocenters. The highest BCUT2D eigenvalue weighted by Gasteiger charge is 2.49. The standard InChI is InChI=1S/C19H30N2O11S/c1-9(22)29-6-14(30-10(2)23)16(31-11(3)24)17(32-12(4)25)15(26)19-21(8-28-5)13(7-33-19)18(20)27/h13-17,19,26H,6-8H2,1-5H3,(H2,20,27)/t13-,14-,15-,16-,17+,19-/m0/s1. The third-order valence-corrected chi connectivity index (χ3v) is 5.85. The molecule has 1 rings (SSSR count). The van der Waals surface area contributed by atoms with Gasteiger partial charge in [-0.05, 0) is 0 Å². The van der Waals surface area contributed by atoms with Crippen LogP contribution in [0.1, 0.15) is 27.7 Å². The molecule has 0 aliphatic carbocycles. The molecule has 3 N–H and O–H groups in total. The lowest BCUT2D eigenvalue weighted by Gasteiger charge is -2.38. The summed E-state index contributed by atoms with van der Waals surface area (Å²) in [5.74, 6) is -3.62. The smallest absolute Gasteiger partial charge is 0.303 e. The van der Waals surface area contributed by atoms with Gasteiger partial charge in [0.2, 0.25) is 5.91 Å². The van der Waals surface area contributed by atoms with Crippen molar-refractivity contribution in [3.05, 3.63) is 0 Å². The topological polar surface area (TPSA) is 181 Å². The number of carbonyl (C=O) groups excluding carboxylic acids is 5. The molecule has 1 aliphatic heterocycles. The minimum absolute atomic E-state index is 0.0891. The number of nitrogens with zero attached hydrogens (tertiary/aromatic N) is 1. The van der Waals surface area contributed by atoms with Crippen LogP contribution in [0.5, 0.6) is 0 Å². The number of rotatable bonds is 12. The largest absolute Gasteiger partial charge is 0.462 e. The van der Waals surface area contributed by atoms with E-state index in [-0.39, 0.29) is 12.5 Å². The van der Waals surface area contributed by atoms with E-state index in [9.17, 15) is 29.1 Å². The van der Waals surface area contributed by atoms with Crippen LogP contribution in [-0.4, -0.2) is 102 Å². The van der Waals surface area contributed by atoms with Gasteiger partial charge >= 0.3 is 23.9 Å². The van der Waals surface area contributed by atoms with Crippen molar-refractivity contribution in [2.45, 2.75) is 63.5 Å². The molecule has 0 spiro atoms. The summed E-state index contributed by atoms with van der Waals surface area (Å²) < 4.78 is 25.7. The lowest BCUT2D eigenvalue weighted by atomic mass is 10.0. The summed E-state index contributed by atoms with van der Waals surface area (Å²) in [6.07, 6.45) is -6.11. The Morgan fingerprint density at radius 1 is 0.970 bits per heavy atom. The fourth-order valence-corrected chi connectivity index (χ4v) is 4.74. The van der Waals surface area contributed by atoms with E-state index < -0.39 is 72.2 Å². The molecule has 1 saturated heterocycles. The van der Waals surface area contributed by atoms with Gasteiger partial charge in [0.25, 0.3) is 0 Å². The van der Waals surface area contributed by atoms with Gasteiger partial charge in [-0.3, -0.25) is 28.9 Å². The number of nitrogens with two attached hydrogens (primary N) is 1. The van der Waals surface area contributed by atoms with Crippen LogP contribution in [-0.2, 0) is 47.7 Å². The summed E-state index contributed by atoms with van der Waals surface area (Å²) >= 11 is 1.14. The Bertz CT molecular complexity index is 735. The SMILES string of the molecule is COCN1[C@H](C(N)=O)CS[C@H]1[C@@H](O)[C@@H](OC(C)=O)[C@@H](OC(C)=O)[C@H](COC(C)=O)OC(C)=O. The highest BCUT2D eigenvalue weighted by atomic mass is 32.2. The summed E-state index contributed by atoms with van der Waals surface area (Å²) in [7, 11) is 1.38. The number of ether oxygens (including phenoxy) is 5. The molecule has 0 bridgehead atoms. The zero-order chi connectivity index (χ0) is 25.3. The summed E-state index contributed by atoms with van der Waals surface area (Å²) in [6, 6.07) is -0.787. The van der Waals surface area contributed by atoms with Crippen LogP contribution >= 0.6 is 11.8 Å². The monoisotopic (exact) mass is 494 g/mol. The number of hydrogen-bond donors (Lipinski definition) is 2. The number of thioether (sulfide) groups is 1. The quantitative estimate of drug-likeness (QED) is 0.237. The predicted molar refractivity (Wildman–Crippen MR) is 112 cm³/mol. The normalized spacial score (nSPS) is 21.9. The second-order valence-electron chi connectivity index (χ2n) is 7.16. The summed E-state index contributed by atoms with van der Waals surface area (Å²) in [4.78, 5) is 60.0. The number of amides is 1. The number of aliphatic hydroxyl groups is 1. The van der Waals surface area contributed by atoms with Crippen molar-refractivity contribution in [2.75, 3.05) is 26.2 Å². The van der Waals surface area contributed by atoms with Crippen LogP contribution in [0, 0.1) is 0 Å². The van der Waals surface area contributed by atoms with Crippen molar-refractivity contribution in [1.82, 2.24) is 4.90 Å². The van der Waals surface area contributed by atoms with Crippen molar-refractivity contribution in [3.63, 3.8) is 0 Å². The first-order valence-electron chi connectivity index (χ1n) is 9.87. The zero-order valence-corrected chi connectivity index (χ0v) is 19.9. The molecule has 1 fully saturated rings. The molecule has 33 heavy (non-hydrogen) atoms. The number of aliphatic hydroxyl groups excluding tert-OH is 1. The second kappa shape index (κ2) is 13.3. The van der Waals surface area contributed by atoms with Crippen molar-refractivity contribution in [3.8, 4) is 0 Å². The summed E-state index contributed by atoms with van der Waals surface area (Å²) in [6.45, 7) is 3.69. The Morgan fingerprint density at radius 2 is 1.52 bits per heavy atom. The van der Waals surface area contributed by atoms with E-state index in [1.165, 1.54) is 12.0 Å². The molecule has 0 aromatic rings. The van der Waals surface area contributed by atoms with Crippen LogP contribution in [0.15, 0.2) is 0 Å². The molecule has 1 amide bonds. The Balaban J connectivity index is 3.39. The Morgan fingerprint density at radius 3 is 1.97 bits per heavy atom. The van der Waals surface area contributed by atoms with Crippen LogP contribution < -0.4 is 5.73 Å². The summed E-state index contributed by atoms with van der Waals surface area (Å²) in [5.41, 5.74) is 5.44. The molecule has 0 aromatic heterocycles. The first-order valence-corrected chi connectivity index (χ1v) is 10.9.